The van der Waals surface area contributed by atoms with Crippen LogP contribution >= 0.6 is 0 Å². The number of carbonyl (C=O) groups excluding carboxylic acids is 2. The van der Waals surface area contributed by atoms with Crippen molar-refractivity contribution in [3.8, 4) is 0 Å². The Hall–Kier alpha value is -1.14. The molecule has 1 aliphatic heterocycles. The van der Waals surface area contributed by atoms with Gasteiger partial charge in [0.25, 0.3) is 0 Å². The molecule has 0 bridgehead atoms. The maximum absolute atomic E-state index is 12.0. The van der Waals surface area contributed by atoms with Gasteiger partial charge in [0.15, 0.2) is 0 Å². The maximum Gasteiger partial charge on any atom is 0.233 e. The topological polar surface area (TPSA) is 78.7 Å². The smallest absolute Gasteiger partial charge is 0.233 e. The number of nitrogens with two attached hydrogens (primary N) is 1. The third-order valence-corrected chi connectivity index (χ3v) is 3.42. The Kier molecular flexibility index (Phi) is 6.80. The molecule has 2 amide bonds. The first-order valence-corrected chi connectivity index (χ1v) is 6.99. The van der Waals surface area contributed by atoms with E-state index in [0.29, 0.717) is 26.1 Å². The van der Waals surface area contributed by atoms with Crippen molar-refractivity contribution in [2.24, 2.45) is 5.73 Å². The summed E-state index contributed by atoms with van der Waals surface area (Å²) in [4.78, 5) is 27.2. The Balaban J connectivity index is 2.21. The lowest BCUT2D eigenvalue weighted by Crippen LogP contribution is -2.50. The van der Waals surface area contributed by atoms with Crippen LogP contribution in [-0.4, -0.2) is 67.4 Å². The largest absolute Gasteiger partial charge is 0.358 e. The average molecular weight is 270 g/mol. The van der Waals surface area contributed by atoms with Gasteiger partial charge in [0.2, 0.25) is 11.8 Å². The highest BCUT2D eigenvalue weighted by Crippen LogP contribution is 2.07. The van der Waals surface area contributed by atoms with Crippen molar-refractivity contribution in [2.75, 3.05) is 39.8 Å². The van der Waals surface area contributed by atoms with Crippen molar-refractivity contribution in [3.05, 3.63) is 0 Å². The summed E-state index contributed by atoms with van der Waals surface area (Å²) in [5.74, 6) is 0.233. The van der Waals surface area contributed by atoms with Gasteiger partial charge in [0, 0.05) is 45.7 Å². The van der Waals surface area contributed by atoms with E-state index in [1.807, 2.05) is 11.8 Å². The molecule has 6 nitrogen and oxygen atoms in total. The normalized spacial score (nSPS) is 18.2. The first-order valence-electron chi connectivity index (χ1n) is 6.99. The van der Waals surface area contributed by atoms with Crippen LogP contribution < -0.4 is 11.1 Å². The summed E-state index contributed by atoms with van der Waals surface area (Å²) < 4.78 is 0. The van der Waals surface area contributed by atoms with E-state index in [-0.39, 0.29) is 17.9 Å². The third-order valence-electron chi connectivity index (χ3n) is 3.42. The first-order chi connectivity index (χ1) is 9.02. The van der Waals surface area contributed by atoms with Crippen LogP contribution in [0.3, 0.4) is 0 Å². The van der Waals surface area contributed by atoms with Gasteiger partial charge in [0.1, 0.15) is 0 Å². The molecule has 0 radical (unpaired) electrons. The zero-order chi connectivity index (χ0) is 14.3. The molecule has 1 fully saturated rings. The summed E-state index contributed by atoms with van der Waals surface area (Å²) in [6.07, 6.45) is 2.33. The number of amides is 2. The van der Waals surface area contributed by atoms with Crippen molar-refractivity contribution >= 4 is 11.8 Å². The predicted octanol–water partition coefficient (Wildman–Crippen LogP) is -0.606. The SMILES string of the molecule is CNC(=O)CN1CCN(C(=O)CCCC(C)N)CC1. The van der Waals surface area contributed by atoms with E-state index in [0.717, 1.165) is 25.9 Å². The summed E-state index contributed by atoms with van der Waals surface area (Å²) in [7, 11) is 1.64. The van der Waals surface area contributed by atoms with Gasteiger partial charge in [0.05, 0.1) is 6.54 Å². The highest BCUT2D eigenvalue weighted by atomic mass is 16.2. The van der Waals surface area contributed by atoms with Gasteiger partial charge in [-0.15, -0.1) is 0 Å². The Morgan fingerprint density at radius 1 is 1.26 bits per heavy atom. The van der Waals surface area contributed by atoms with Gasteiger partial charge in [-0.3, -0.25) is 14.5 Å². The van der Waals surface area contributed by atoms with Gasteiger partial charge in [-0.05, 0) is 19.8 Å². The number of nitrogens with zero attached hydrogens (tertiary/aromatic N) is 2. The number of hydrogen-bond acceptors (Lipinski definition) is 4. The van der Waals surface area contributed by atoms with E-state index < -0.39 is 0 Å². The van der Waals surface area contributed by atoms with E-state index in [2.05, 4.69) is 10.2 Å². The lowest BCUT2D eigenvalue weighted by atomic mass is 10.1. The molecule has 19 heavy (non-hydrogen) atoms. The fourth-order valence-corrected chi connectivity index (χ4v) is 2.17. The summed E-state index contributed by atoms with van der Waals surface area (Å²) in [5, 5.41) is 2.61. The summed E-state index contributed by atoms with van der Waals surface area (Å²) in [6, 6.07) is 0.164. The van der Waals surface area contributed by atoms with Gasteiger partial charge in [-0.1, -0.05) is 0 Å². The molecule has 1 rings (SSSR count). The maximum atomic E-state index is 12.0. The van der Waals surface area contributed by atoms with Crippen LogP contribution in [0.15, 0.2) is 0 Å². The van der Waals surface area contributed by atoms with Crippen LogP contribution in [0.4, 0.5) is 0 Å². The Bertz CT molecular complexity index is 299. The van der Waals surface area contributed by atoms with Crippen LogP contribution in [0.5, 0.6) is 0 Å². The molecule has 6 heteroatoms. The Morgan fingerprint density at radius 2 is 1.89 bits per heavy atom. The fraction of sp³-hybridized carbons (Fsp3) is 0.846. The first kappa shape index (κ1) is 15.9. The van der Waals surface area contributed by atoms with E-state index in [4.69, 9.17) is 5.73 Å². The van der Waals surface area contributed by atoms with Crippen molar-refractivity contribution in [1.29, 1.82) is 0 Å². The predicted molar refractivity (Wildman–Crippen MR) is 74.6 cm³/mol. The van der Waals surface area contributed by atoms with Crippen molar-refractivity contribution in [3.63, 3.8) is 0 Å². The minimum absolute atomic E-state index is 0.0247. The van der Waals surface area contributed by atoms with Crippen molar-refractivity contribution < 1.29 is 9.59 Å². The van der Waals surface area contributed by atoms with Crippen LogP contribution in [0.25, 0.3) is 0 Å². The summed E-state index contributed by atoms with van der Waals surface area (Å²) >= 11 is 0. The molecule has 110 valence electrons. The summed E-state index contributed by atoms with van der Waals surface area (Å²) in [5.41, 5.74) is 5.67. The van der Waals surface area contributed by atoms with Gasteiger partial charge >= 0.3 is 0 Å². The number of likely N-dealkylation sites (N-methyl/N-ethyl adjacent to an activating group) is 1. The second kappa shape index (κ2) is 8.12. The van der Waals surface area contributed by atoms with Crippen LogP contribution in [0.2, 0.25) is 0 Å². The van der Waals surface area contributed by atoms with Crippen LogP contribution in [0.1, 0.15) is 26.2 Å². The number of rotatable bonds is 6. The minimum atomic E-state index is 0.0247. The number of piperazine rings is 1. The molecular weight excluding hydrogens is 244 g/mol. The highest BCUT2D eigenvalue weighted by molar-refractivity contribution is 5.78. The van der Waals surface area contributed by atoms with E-state index in [9.17, 15) is 9.59 Å². The molecule has 1 atom stereocenters. The van der Waals surface area contributed by atoms with Crippen LogP contribution in [-0.2, 0) is 9.59 Å². The van der Waals surface area contributed by atoms with Gasteiger partial charge < -0.3 is 16.0 Å². The molecule has 1 saturated heterocycles. The van der Waals surface area contributed by atoms with Crippen molar-refractivity contribution in [1.82, 2.24) is 15.1 Å². The van der Waals surface area contributed by atoms with E-state index in [1.165, 1.54) is 0 Å². The molecule has 1 aliphatic rings. The quantitative estimate of drug-likeness (QED) is 0.675. The van der Waals surface area contributed by atoms with Gasteiger partial charge in [-0.25, -0.2) is 0 Å². The van der Waals surface area contributed by atoms with E-state index in [1.54, 1.807) is 7.05 Å². The molecule has 0 aromatic carbocycles. The Morgan fingerprint density at radius 3 is 2.42 bits per heavy atom. The van der Waals surface area contributed by atoms with Crippen molar-refractivity contribution in [2.45, 2.75) is 32.2 Å². The monoisotopic (exact) mass is 270 g/mol. The number of nitrogens with one attached hydrogen (secondary N) is 1. The molecule has 0 aromatic rings. The zero-order valence-corrected chi connectivity index (χ0v) is 12.0. The molecule has 0 aromatic heterocycles. The second-order valence-electron chi connectivity index (χ2n) is 5.20. The second-order valence-corrected chi connectivity index (χ2v) is 5.20. The number of carbonyl (C=O) groups is 2. The minimum Gasteiger partial charge on any atom is -0.358 e. The zero-order valence-electron chi connectivity index (χ0n) is 12.0. The molecule has 1 unspecified atom stereocenters. The standard InChI is InChI=1S/C13H26N4O2/c1-11(14)4-3-5-13(19)17-8-6-16(7-9-17)10-12(18)15-2/h11H,3-10,14H2,1-2H3,(H,15,18). The molecule has 1 heterocycles. The lowest BCUT2D eigenvalue weighted by molar-refractivity contribution is -0.133. The summed E-state index contributed by atoms with van der Waals surface area (Å²) in [6.45, 7) is 5.35. The lowest BCUT2D eigenvalue weighted by Gasteiger charge is -2.34. The van der Waals surface area contributed by atoms with Crippen LogP contribution in [0, 0.1) is 0 Å². The van der Waals surface area contributed by atoms with Gasteiger partial charge in [-0.2, -0.15) is 0 Å². The van der Waals surface area contributed by atoms with E-state index >= 15 is 0 Å². The molecule has 0 saturated carbocycles. The highest BCUT2D eigenvalue weighted by Gasteiger charge is 2.21. The average Bonchev–Trinajstić information content (AvgIpc) is 2.38. The third kappa shape index (κ3) is 6.02. The molecule has 0 aliphatic carbocycles. The molecule has 3 N–H and O–H groups in total. The Labute approximate surface area is 115 Å². The molecule has 0 spiro atoms. The fourth-order valence-electron chi connectivity index (χ4n) is 2.17. The number of hydrogen-bond donors (Lipinski definition) is 2. The molecular formula is C13H26N4O2.